The molecule has 4 heterocycles. The predicted molar refractivity (Wildman–Crippen MR) is 273 cm³/mol. The number of urea groups is 2. The van der Waals surface area contributed by atoms with Gasteiger partial charge in [-0.15, -0.1) is 0 Å². The number of nitrogens with one attached hydrogen (secondary N) is 6. The van der Waals surface area contributed by atoms with Gasteiger partial charge in [-0.2, -0.15) is 23.5 Å². The number of ether oxygens (including phenoxy) is 2. The van der Waals surface area contributed by atoms with Crippen molar-refractivity contribution in [2.24, 2.45) is 0 Å². The first kappa shape index (κ1) is 47.7. The molecule has 4 saturated heterocycles. The normalized spacial score (nSPS) is 22.7. The molecule has 1 aliphatic carbocycles. The summed E-state index contributed by atoms with van der Waals surface area (Å²) in [5.74, 6) is 3.56. The van der Waals surface area contributed by atoms with Gasteiger partial charge in [0.05, 0.1) is 42.8 Å². The van der Waals surface area contributed by atoms with E-state index >= 15 is 0 Å². The van der Waals surface area contributed by atoms with E-state index in [1.54, 1.807) is 0 Å². The molecule has 0 spiro atoms. The van der Waals surface area contributed by atoms with Gasteiger partial charge >= 0.3 is 12.1 Å². The Morgan fingerprint density at radius 1 is 0.582 bits per heavy atom. The molecule has 16 heteroatoms. The van der Waals surface area contributed by atoms with Crippen LogP contribution in [-0.4, -0.2) is 96.4 Å². The molecular formula is C51H58Br2N6O6S2. The largest absolute Gasteiger partial charge is 0.494 e. The molecule has 0 aromatic heterocycles. The van der Waals surface area contributed by atoms with Crippen molar-refractivity contribution < 1.29 is 28.7 Å². The minimum atomic E-state index is -0.631. The molecule has 4 aliphatic heterocycles. The van der Waals surface area contributed by atoms with Crippen molar-refractivity contribution in [2.75, 3.05) is 37.8 Å². The quantitative estimate of drug-likeness (QED) is 0.0297. The third-order valence-electron chi connectivity index (χ3n) is 13.6. The molecule has 9 rings (SSSR count). The van der Waals surface area contributed by atoms with E-state index in [0.29, 0.717) is 62.5 Å². The molecule has 5 aliphatic rings. The van der Waals surface area contributed by atoms with Crippen LogP contribution in [0.4, 0.5) is 9.59 Å². The number of thioether (sulfide) groups is 2. The smallest absolute Gasteiger partial charge is 0.315 e. The van der Waals surface area contributed by atoms with Crippen LogP contribution < -0.4 is 41.4 Å². The van der Waals surface area contributed by atoms with Gasteiger partial charge in [0.15, 0.2) is 0 Å². The number of unbranched alkanes of at least 4 members (excludes halogenated alkanes) is 2. The number of carbonyl (C=O) groups is 4. The fraction of sp³-hybridized carbons (Fsp3) is 0.451. The predicted octanol–water partition coefficient (Wildman–Crippen LogP) is 8.80. The number of hydrogen-bond donors (Lipinski definition) is 6. The molecule has 67 heavy (non-hydrogen) atoms. The summed E-state index contributed by atoms with van der Waals surface area (Å²) in [6, 6.07) is 30.6. The molecule has 0 unspecified atom stereocenters. The highest BCUT2D eigenvalue weighted by molar-refractivity contribution is 9.10. The van der Waals surface area contributed by atoms with E-state index in [1.165, 1.54) is 22.3 Å². The highest BCUT2D eigenvalue weighted by Gasteiger charge is 2.47. The van der Waals surface area contributed by atoms with Crippen molar-refractivity contribution in [3.8, 4) is 22.6 Å². The number of benzene rings is 4. The zero-order valence-corrected chi connectivity index (χ0v) is 42.2. The van der Waals surface area contributed by atoms with Crippen LogP contribution in [0.25, 0.3) is 11.1 Å². The molecule has 6 atom stereocenters. The molecular weight excluding hydrogens is 1020 g/mol. The summed E-state index contributed by atoms with van der Waals surface area (Å²) in [5, 5.41) is 19.0. The molecule has 0 saturated carbocycles. The van der Waals surface area contributed by atoms with Crippen LogP contribution in [0.1, 0.15) is 86.5 Å². The molecule has 6 amide bonds. The van der Waals surface area contributed by atoms with Gasteiger partial charge in [0.1, 0.15) is 11.5 Å². The summed E-state index contributed by atoms with van der Waals surface area (Å²) in [5.41, 5.74) is 6.30. The van der Waals surface area contributed by atoms with Gasteiger partial charge in [0.2, 0.25) is 11.8 Å². The minimum absolute atomic E-state index is 0.0627. The van der Waals surface area contributed by atoms with Crippen molar-refractivity contribution in [3.05, 3.63) is 116 Å². The van der Waals surface area contributed by atoms with Crippen LogP contribution in [0.15, 0.2) is 93.9 Å². The van der Waals surface area contributed by atoms with Gasteiger partial charge in [-0.3, -0.25) is 9.59 Å². The lowest BCUT2D eigenvalue weighted by Crippen LogP contribution is -2.36. The Morgan fingerprint density at radius 2 is 1.01 bits per heavy atom. The zero-order chi connectivity index (χ0) is 46.3. The second kappa shape index (κ2) is 21.9. The maximum absolute atomic E-state index is 12.6. The van der Waals surface area contributed by atoms with Gasteiger partial charge in [-0.25, -0.2) is 9.59 Å². The van der Waals surface area contributed by atoms with E-state index in [9.17, 15) is 19.2 Å². The third kappa shape index (κ3) is 10.9. The Morgan fingerprint density at radius 3 is 1.45 bits per heavy atom. The summed E-state index contributed by atoms with van der Waals surface area (Å²) in [7, 11) is 0. The zero-order valence-electron chi connectivity index (χ0n) is 37.4. The highest BCUT2D eigenvalue weighted by atomic mass is 79.9. The van der Waals surface area contributed by atoms with Crippen molar-refractivity contribution in [1.82, 2.24) is 31.9 Å². The van der Waals surface area contributed by atoms with Crippen molar-refractivity contribution in [2.45, 2.75) is 104 Å². The van der Waals surface area contributed by atoms with Gasteiger partial charge < -0.3 is 41.4 Å². The number of rotatable bonds is 22. The third-order valence-corrected chi connectivity index (χ3v) is 17.6. The summed E-state index contributed by atoms with van der Waals surface area (Å²) in [4.78, 5) is 48.5. The Kier molecular flexibility index (Phi) is 15.6. The van der Waals surface area contributed by atoms with Gasteiger partial charge in [0, 0.05) is 56.9 Å². The number of amides is 6. The maximum Gasteiger partial charge on any atom is 0.315 e. The molecule has 4 aromatic carbocycles. The van der Waals surface area contributed by atoms with E-state index in [2.05, 4.69) is 124 Å². The number of hydrogen-bond acceptors (Lipinski definition) is 8. The second-order valence-corrected chi connectivity index (χ2v) is 22.4. The lowest BCUT2D eigenvalue weighted by molar-refractivity contribution is -0.122. The van der Waals surface area contributed by atoms with Crippen LogP contribution >= 0.6 is 55.4 Å². The van der Waals surface area contributed by atoms with Crippen molar-refractivity contribution in [3.63, 3.8) is 0 Å². The van der Waals surface area contributed by atoms with Crippen LogP contribution in [-0.2, 0) is 15.0 Å². The molecule has 6 N–H and O–H groups in total. The topological polar surface area (TPSA) is 159 Å². The highest BCUT2D eigenvalue weighted by Crippen LogP contribution is 2.57. The Balaban J connectivity index is 0.762. The minimum Gasteiger partial charge on any atom is -0.494 e. The van der Waals surface area contributed by atoms with E-state index in [0.717, 1.165) is 81.6 Å². The first-order valence-electron chi connectivity index (χ1n) is 23.6. The summed E-state index contributed by atoms with van der Waals surface area (Å²) in [6.07, 6.45) is 8.00. The lowest BCUT2D eigenvalue weighted by atomic mass is 9.67. The van der Waals surface area contributed by atoms with Gasteiger partial charge in [0.25, 0.3) is 0 Å². The monoisotopic (exact) mass is 1070 g/mol. The van der Waals surface area contributed by atoms with Gasteiger partial charge in [-0.05, 0) is 120 Å². The molecule has 0 bridgehead atoms. The lowest BCUT2D eigenvalue weighted by Gasteiger charge is -2.34. The molecule has 4 aromatic rings. The number of carbonyl (C=O) groups excluding carboxylic acids is 4. The Labute approximate surface area is 418 Å². The summed E-state index contributed by atoms with van der Waals surface area (Å²) >= 11 is 11.4. The van der Waals surface area contributed by atoms with Crippen LogP contribution in [0.2, 0.25) is 0 Å². The molecule has 354 valence electrons. The fourth-order valence-corrected chi connectivity index (χ4v) is 14.2. The molecule has 4 fully saturated rings. The molecule has 0 radical (unpaired) electrons. The van der Waals surface area contributed by atoms with Crippen LogP contribution in [0, 0.1) is 0 Å². The van der Waals surface area contributed by atoms with E-state index < -0.39 is 5.41 Å². The maximum atomic E-state index is 12.6. The fourth-order valence-electron chi connectivity index (χ4n) is 10.4. The number of fused-ring (bicyclic) bond motifs is 5. The van der Waals surface area contributed by atoms with Crippen molar-refractivity contribution in [1.29, 1.82) is 0 Å². The van der Waals surface area contributed by atoms with Crippen LogP contribution in [0.5, 0.6) is 11.5 Å². The Hall–Kier alpha value is -4.38. The second-order valence-electron chi connectivity index (χ2n) is 18.0. The SMILES string of the molecule is O=C(CCCC[C@@H]1SC[C@@H]2NC(=O)N[C@@H]21)NCCCOc1ccc(C2(c3ccc(OCCCNC(=O)CCCC[C@@H]4SC[C@@H]5NC(=O)N[C@@H]54)cc3)c3cc(Br)ccc3-c3ccc(Br)cc32)cc1. The first-order chi connectivity index (χ1) is 32.6. The average Bonchev–Trinajstić information content (AvgIpc) is 4.13. The summed E-state index contributed by atoms with van der Waals surface area (Å²) < 4.78 is 14.4. The van der Waals surface area contributed by atoms with Gasteiger partial charge in [-0.1, -0.05) is 81.1 Å². The average molecular weight is 1080 g/mol. The van der Waals surface area contributed by atoms with E-state index in [1.807, 2.05) is 47.8 Å². The standard InChI is InChI=1S/C51H58Br2N6O6S2/c52-33-15-21-37-38-22-16-34(53)28-40(38)51(39(37)27-33,31-11-17-35(18-12-31)64-25-5-23-54-45(60)9-3-1-7-43-47-41(29-66-43)56-49(62)58-47)32-13-19-36(20-14-32)65-26-6-24-55-46(61)10-4-2-8-44-48-42(30-67-44)57-50(63)59-48/h11-22,27-28,41-44,47-48H,1-10,23-26,29-30H2,(H,54,60)(H,55,61)(H2,56,58,62)(H2,57,59,63)/t41-,42-,43-,44-,47-,48-/m0/s1. The molecule has 12 nitrogen and oxygen atoms in total. The van der Waals surface area contributed by atoms with Crippen LogP contribution in [0.3, 0.4) is 0 Å². The summed E-state index contributed by atoms with van der Waals surface area (Å²) in [6.45, 7) is 2.07. The van der Waals surface area contributed by atoms with E-state index in [-0.39, 0.29) is 48.0 Å². The Bertz CT molecular complexity index is 2260. The van der Waals surface area contributed by atoms with Crippen molar-refractivity contribution >= 4 is 79.3 Å². The van der Waals surface area contributed by atoms with E-state index in [4.69, 9.17) is 9.47 Å². The first-order valence-corrected chi connectivity index (χ1v) is 27.3. The number of halogens is 2.